The quantitative estimate of drug-likeness (QED) is 0.406. The summed E-state index contributed by atoms with van der Waals surface area (Å²) in [6, 6.07) is 0. The Balaban J connectivity index is 2.95. The van der Waals surface area contributed by atoms with Gasteiger partial charge in [-0.3, -0.25) is 4.79 Å². The molecule has 1 amide bonds. The van der Waals surface area contributed by atoms with Gasteiger partial charge in [-0.1, -0.05) is 0 Å². The molecule has 5 nitrogen and oxygen atoms in total. The highest BCUT2D eigenvalue weighted by atomic mass is 16.5. The normalized spacial score (nSPS) is 9.83. The number of aliphatic hydroxyl groups excluding tert-OH is 1. The van der Waals surface area contributed by atoms with Crippen LogP contribution in [0.4, 0.5) is 0 Å². The van der Waals surface area contributed by atoms with Crippen molar-refractivity contribution in [2.24, 2.45) is 0 Å². The van der Waals surface area contributed by atoms with Crippen LogP contribution >= 0.6 is 0 Å². The van der Waals surface area contributed by atoms with Gasteiger partial charge in [0.2, 0.25) is 5.91 Å². The largest absolute Gasteiger partial charge is 0.394 e. The minimum atomic E-state index is -0.0443. The first kappa shape index (κ1) is 11.4. The van der Waals surface area contributed by atoms with E-state index in [1.165, 1.54) is 0 Å². The maximum atomic E-state index is 10.6. The van der Waals surface area contributed by atoms with E-state index in [0.29, 0.717) is 26.3 Å². The summed E-state index contributed by atoms with van der Waals surface area (Å²) in [7, 11) is 1.59. The molecule has 0 aliphatic rings. The summed E-state index contributed by atoms with van der Waals surface area (Å²) in [5.41, 5.74) is 0. The van der Waals surface area contributed by atoms with Gasteiger partial charge in [-0.2, -0.15) is 0 Å². The van der Waals surface area contributed by atoms with Gasteiger partial charge in [-0.25, -0.2) is 0 Å². The number of carbonyl (C=O) groups is 1. The molecular weight excluding hydrogens is 160 g/mol. The first-order chi connectivity index (χ1) is 5.81. The number of aliphatic hydroxyl groups is 1. The fourth-order valence-corrected chi connectivity index (χ4v) is 0.601. The first-order valence-corrected chi connectivity index (χ1v) is 3.91. The van der Waals surface area contributed by atoms with Gasteiger partial charge in [0.25, 0.3) is 0 Å². The van der Waals surface area contributed by atoms with Crippen LogP contribution in [0.5, 0.6) is 0 Å². The number of nitrogens with one attached hydrogen (secondary N) is 2. The van der Waals surface area contributed by atoms with Crippen LogP contribution in [0.25, 0.3) is 0 Å². The summed E-state index contributed by atoms with van der Waals surface area (Å²) < 4.78 is 4.95. The van der Waals surface area contributed by atoms with E-state index in [1.54, 1.807) is 7.05 Å². The van der Waals surface area contributed by atoms with Crippen molar-refractivity contribution in [1.82, 2.24) is 10.6 Å². The van der Waals surface area contributed by atoms with Gasteiger partial charge in [0.15, 0.2) is 0 Å². The van der Waals surface area contributed by atoms with E-state index < -0.39 is 0 Å². The second kappa shape index (κ2) is 8.45. The zero-order chi connectivity index (χ0) is 9.23. The molecule has 0 bridgehead atoms. The third-order valence-corrected chi connectivity index (χ3v) is 1.22. The Morgan fingerprint density at radius 1 is 1.50 bits per heavy atom. The fourth-order valence-electron chi connectivity index (χ4n) is 0.601. The fraction of sp³-hybridized carbons (Fsp3) is 0.857. The molecule has 72 valence electrons. The van der Waals surface area contributed by atoms with Crippen LogP contribution in [0.3, 0.4) is 0 Å². The number of amides is 1. The predicted octanol–water partition coefficient (Wildman–Crippen LogP) is -1.67. The maximum Gasteiger partial charge on any atom is 0.233 e. The zero-order valence-corrected chi connectivity index (χ0v) is 7.30. The van der Waals surface area contributed by atoms with Crippen molar-refractivity contribution in [1.29, 1.82) is 0 Å². The summed E-state index contributed by atoms with van der Waals surface area (Å²) in [5.74, 6) is -0.0443. The number of hydrogen-bond acceptors (Lipinski definition) is 4. The summed E-state index contributed by atoms with van der Waals surface area (Å²) >= 11 is 0. The standard InChI is InChI=1S/C7H16N2O3/c1-8-7(11)6-9-2-4-12-5-3-10/h9-10H,2-6H2,1H3,(H,8,11). The van der Waals surface area contributed by atoms with Gasteiger partial charge in [0, 0.05) is 13.6 Å². The van der Waals surface area contributed by atoms with Crippen LogP contribution in [0.2, 0.25) is 0 Å². The monoisotopic (exact) mass is 176 g/mol. The van der Waals surface area contributed by atoms with E-state index >= 15 is 0 Å². The lowest BCUT2D eigenvalue weighted by Gasteiger charge is -2.03. The molecule has 0 unspecified atom stereocenters. The number of ether oxygens (including phenoxy) is 1. The molecule has 5 heteroatoms. The van der Waals surface area contributed by atoms with Crippen LogP contribution in [0.15, 0.2) is 0 Å². The first-order valence-electron chi connectivity index (χ1n) is 3.91. The Hall–Kier alpha value is -0.650. The second-order valence-corrected chi connectivity index (χ2v) is 2.19. The molecule has 0 radical (unpaired) electrons. The topological polar surface area (TPSA) is 70.6 Å². The summed E-state index contributed by atoms with van der Waals surface area (Å²) in [4.78, 5) is 10.6. The Kier molecular flexibility index (Phi) is 7.99. The van der Waals surface area contributed by atoms with Crippen molar-refractivity contribution in [3.63, 3.8) is 0 Å². The molecule has 0 aromatic heterocycles. The molecule has 0 atom stereocenters. The zero-order valence-electron chi connectivity index (χ0n) is 7.30. The molecule has 0 saturated carbocycles. The molecule has 0 heterocycles. The average Bonchev–Trinajstić information content (AvgIpc) is 2.10. The highest BCUT2D eigenvalue weighted by Crippen LogP contribution is 1.71. The van der Waals surface area contributed by atoms with Crippen molar-refractivity contribution in [3.05, 3.63) is 0 Å². The van der Waals surface area contributed by atoms with Gasteiger partial charge in [0.05, 0.1) is 26.4 Å². The minimum Gasteiger partial charge on any atom is -0.394 e. The van der Waals surface area contributed by atoms with Crippen LogP contribution in [-0.2, 0) is 9.53 Å². The lowest BCUT2D eigenvalue weighted by atomic mass is 10.5. The van der Waals surface area contributed by atoms with Crippen molar-refractivity contribution in [2.75, 3.05) is 40.0 Å². The van der Waals surface area contributed by atoms with Gasteiger partial charge < -0.3 is 20.5 Å². The molecule has 0 aliphatic heterocycles. The van der Waals surface area contributed by atoms with E-state index in [0.717, 1.165) is 0 Å². The van der Waals surface area contributed by atoms with Crippen LogP contribution < -0.4 is 10.6 Å². The predicted molar refractivity (Wildman–Crippen MR) is 44.8 cm³/mol. The molecule has 3 N–H and O–H groups in total. The van der Waals surface area contributed by atoms with Gasteiger partial charge in [0.1, 0.15) is 0 Å². The Morgan fingerprint density at radius 2 is 2.25 bits per heavy atom. The molecule has 0 fully saturated rings. The SMILES string of the molecule is CNC(=O)CNCCOCCO. The summed E-state index contributed by atoms with van der Waals surface area (Å²) in [6.45, 7) is 1.82. The minimum absolute atomic E-state index is 0.0371. The third kappa shape index (κ3) is 7.46. The number of carbonyl (C=O) groups excluding carboxylic acids is 1. The van der Waals surface area contributed by atoms with E-state index in [9.17, 15) is 4.79 Å². The number of hydrogen-bond donors (Lipinski definition) is 3. The molecule has 0 aromatic carbocycles. The molecule has 12 heavy (non-hydrogen) atoms. The molecule has 0 saturated heterocycles. The van der Waals surface area contributed by atoms with Gasteiger partial charge in [-0.05, 0) is 0 Å². The molecular formula is C7H16N2O3. The number of rotatable bonds is 7. The van der Waals surface area contributed by atoms with E-state index in [-0.39, 0.29) is 12.5 Å². The summed E-state index contributed by atoms with van der Waals surface area (Å²) in [6.07, 6.45) is 0. The van der Waals surface area contributed by atoms with Crippen LogP contribution in [-0.4, -0.2) is 51.0 Å². The Morgan fingerprint density at radius 3 is 2.83 bits per heavy atom. The van der Waals surface area contributed by atoms with Crippen LogP contribution in [0, 0.1) is 0 Å². The lowest BCUT2D eigenvalue weighted by molar-refractivity contribution is -0.119. The highest BCUT2D eigenvalue weighted by Gasteiger charge is 1.94. The van der Waals surface area contributed by atoms with Crippen molar-refractivity contribution < 1.29 is 14.6 Å². The van der Waals surface area contributed by atoms with Crippen molar-refractivity contribution in [3.8, 4) is 0 Å². The van der Waals surface area contributed by atoms with Crippen molar-refractivity contribution >= 4 is 5.91 Å². The van der Waals surface area contributed by atoms with E-state index in [1.807, 2.05) is 0 Å². The smallest absolute Gasteiger partial charge is 0.233 e. The molecule has 0 aliphatic carbocycles. The van der Waals surface area contributed by atoms with E-state index in [4.69, 9.17) is 9.84 Å². The highest BCUT2D eigenvalue weighted by molar-refractivity contribution is 5.77. The molecule has 0 aromatic rings. The van der Waals surface area contributed by atoms with E-state index in [2.05, 4.69) is 10.6 Å². The number of likely N-dealkylation sites (N-methyl/N-ethyl adjacent to an activating group) is 1. The van der Waals surface area contributed by atoms with Gasteiger partial charge >= 0.3 is 0 Å². The average molecular weight is 176 g/mol. The lowest BCUT2D eigenvalue weighted by Crippen LogP contribution is -2.33. The summed E-state index contributed by atoms with van der Waals surface area (Å²) in [5, 5.41) is 13.7. The van der Waals surface area contributed by atoms with Crippen molar-refractivity contribution in [2.45, 2.75) is 0 Å². The Bertz CT molecular complexity index is 119. The third-order valence-electron chi connectivity index (χ3n) is 1.22. The Labute approximate surface area is 72.1 Å². The molecule has 0 rings (SSSR count). The van der Waals surface area contributed by atoms with Crippen LogP contribution in [0.1, 0.15) is 0 Å². The molecule has 0 spiro atoms. The maximum absolute atomic E-state index is 10.6. The van der Waals surface area contributed by atoms with Gasteiger partial charge in [-0.15, -0.1) is 0 Å². The second-order valence-electron chi connectivity index (χ2n) is 2.19.